The van der Waals surface area contributed by atoms with Crippen LogP contribution in [0.4, 0.5) is 21.7 Å². The molecule has 0 aliphatic rings. The first-order valence-electron chi connectivity index (χ1n) is 10.9. The van der Waals surface area contributed by atoms with Crippen LogP contribution in [-0.2, 0) is 0 Å². The molecule has 2 aromatic heterocycles. The first kappa shape index (κ1) is 24.2. The lowest BCUT2D eigenvalue weighted by Crippen LogP contribution is -2.14. The molecule has 0 fully saturated rings. The van der Waals surface area contributed by atoms with Crippen molar-refractivity contribution in [3.05, 3.63) is 76.8 Å². The van der Waals surface area contributed by atoms with Crippen LogP contribution < -0.4 is 15.4 Å². The zero-order valence-corrected chi connectivity index (χ0v) is 20.4. The number of anilines is 3. The van der Waals surface area contributed by atoms with Gasteiger partial charge in [0.1, 0.15) is 23.0 Å². The highest BCUT2D eigenvalue weighted by Gasteiger charge is 2.16. The number of carbonyl (C=O) groups excluding carboxylic acids is 1. The van der Waals surface area contributed by atoms with Crippen LogP contribution >= 0.6 is 11.6 Å². The molecule has 8 nitrogen and oxygen atoms in total. The Hall–Kier alpha value is -3.98. The number of ether oxygens (including phenoxy) is 1. The number of methoxy groups -OCH3 is 1. The van der Waals surface area contributed by atoms with Crippen molar-refractivity contribution < 1.29 is 13.9 Å². The molecule has 35 heavy (non-hydrogen) atoms. The third kappa shape index (κ3) is 5.25. The minimum absolute atomic E-state index is 0.204. The molecule has 2 N–H and O–H groups in total. The van der Waals surface area contributed by atoms with Crippen molar-refractivity contribution in [1.29, 1.82) is 0 Å². The minimum Gasteiger partial charge on any atom is -0.496 e. The summed E-state index contributed by atoms with van der Waals surface area (Å²) in [5, 5.41) is 10.7. The summed E-state index contributed by atoms with van der Waals surface area (Å²) in [6.07, 6.45) is 3.37. The number of nitrogens with one attached hydrogen (secondary N) is 2. The van der Waals surface area contributed by atoms with E-state index in [0.29, 0.717) is 50.6 Å². The van der Waals surface area contributed by atoms with E-state index in [-0.39, 0.29) is 6.04 Å². The number of hydrogen-bond acceptors (Lipinski definition) is 6. The summed E-state index contributed by atoms with van der Waals surface area (Å²) in [4.78, 5) is 21.6. The van der Waals surface area contributed by atoms with E-state index < -0.39 is 11.7 Å². The molecule has 180 valence electrons. The molecular weight excluding hydrogens is 471 g/mol. The summed E-state index contributed by atoms with van der Waals surface area (Å²) < 4.78 is 21.1. The number of carbonyl (C=O) groups is 1. The van der Waals surface area contributed by atoms with E-state index in [9.17, 15) is 9.18 Å². The van der Waals surface area contributed by atoms with Gasteiger partial charge in [-0.15, -0.1) is 0 Å². The number of amides is 1. The largest absolute Gasteiger partial charge is 0.496 e. The topological polar surface area (TPSA) is 94.0 Å². The molecule has 0 bridgehead atoms. The predicted octanol–water partition coefficient (Wildman–Crippen LogP) is 6.03. The molecule has 0 aliphatic carbocycles. The average molecular weight is 495 g/mol. The fourth-order valence-electron chi connectivity index (χ4n) is 3.38. The highest BCUT2D eigenvalue weighted by molar-refractivity contribution is 6.32. The standard InChI is InChI=1S/C25H24ClFN6O2/c1-14(2)33-11-10-21(32-33)23-18(26)13-28-25(31-23)29-16-8-9-17(22(12-16)35-4)24(34)30-20-7-5-6-19(27)15(20)3/h5-14H,1-4H3,(H,30,34)(H,28,29,31). The van der Waals surface area contributed by atoms with Crippen molar-refractivity contribution in [2.45, 2.75) is 26.8 Å². The van der Waals surface area contributed by atoms with Gasteiger partial charge >= 0.3 is 0 Å². The molecule has 0 saturated carbocycles. The molecule has 4 rings (SSSR count). The molecule has 0 unspecified atom stereocenters. The van der Waals surface area contributed by atoms with Crippen molar-refractivity contribution in [3.63, 3.8) is 0 Å². The highest BCUT2D eigenvalue weighted by atomic mass is 35.5. The van der Waals surface area contributed by atoms with Crippen molar-refractivity contribution in [3.8, 4) is 17.1 Å². The third-order valence-corrected chi connectivity index (χ3v) is 5.62. The quantitative estimate of drug-likeness (QED) is 0.326. The van der Waals surface area contributed by atoms with Crippen LogP contribution in [0.25, 0.3) is 11.4 Å². The van der Waals surface area contributed by atoms with Gasteiger partial charge in [0, 0.05) is 35.2 Å². The lowest BCUT2D eigenvalue weighted by Gasteiger charge is -2.13. The summed E-state index contributed by atoms with van der Waals surface area (Å²) in [5.74, 6) is -0.190. The molecular formula is C25H24ClFN6O2. The zero-order valence-electron chi connectivity index (χ0n) is 19.6. The monoisotopic (exact) mass is 494 g/mol. The van der Waals surface area contributed by atoms with Gasteiger partial charge in [-0.1, -0.05) is 17.7 Å². The minimum atomic E-state index is -0.423. The fraction of sp³-hybridized carbons (Fsp3) is 0.200. The summed E-state index contributed by atoms with van der Waals surface area (Å²) in [6, 6.07) is 11.5. The van der Waals surface area contributed by atoms with Crippen LogP contribution in [0.3, 0.4) is 0 Å². The molecule has 4 aromatic rings. The SMILES string of the molecule is COc1cc(Nc2ncc(Cl)c(-c3ccn(C(C)C)n3)n2)ccc1C(=O)Nc1cccc(F)c1C. The van der Waals surface area contributed by atoms with Gasteiger partial charge in [-0.05, 0) is 51.1 Å². The van der Waals surface area contributed by atoms with E-state index in [1.54, 1.807) is 31.2 Å². The Morgan fingerprint density at radius 1 is 1.20 bits per heavy atom. The van der Waals surface area contributed by atoms with Gasteiger partial charge in [-0.25, -0.2) is 14.4 Å². The number of hydrogen-bond donors (Lipinski definition) is 2. The normalized spacial score (nSPS) is 10.9. The van der Waals surface area contributed by atoms with E-state index in [1.807, 2.05) is 30.8 Å². The van der Waals surface area contributed by atoms with Crippen LogP contribution in [0, 0.1) is 12.7 Å². The number of aromatic nitrogens is 4. The van der Waals surface area contributed by atoms with Crippen molar-refractivity contribution >= 4 is 34.8 Å². The second kappa shape index (κ2) is 10.1. The maximum atomic E-state index is 13.8. The second-order valence-electron chi connectivity index (χ2n) is 8.07. The van der Waals surface area contributed by atoms with Crippen molar-refractivity contribution in [1.82, 2.24) is 19.7 Å². The van der Waals surface area contributed by atoms with E-state index in [2.05, 4.69) is 25.7 Å². The van der Waals surface area contributed by atoms with Crippen molar-refractivity contribution in [2.75, 3.05) is 17.7 Å². The van der Waals surface area contributed by atoms with E-state index in [4.69, 9.17) is 16.3 Å². The van der Waals surface area contributed by atoms with Gasteiger partial charge in [-0.2, -0.15) is 5.10 Å². The Bertz CT molecular complexity index is 1390. The molecule has 0 atom stereocenters. The first-order valence-corrected chi connectivity index (χ1v) is 11.2. The molecule has 2 aromatic carbocycles. The predicted molar refractivity (Wildman–Crippen MR) is 134 cm³/mol. The molecule has 0 radical (unpaired) electrons. The van der Waals surface area contributed by atoms with Gasteiger partial charge in [0.2, 0.25) is 5.95 Å². The second-order valence-corrected chi connectivity index (χ2v) is 8.48. The molecule has 10 heteroatoms. The van der Waals surface area contributed by atoms with E-state index in [0.717, 1.165) is 0 Å². The van der Waals surface area contributed by atoms with Gasteiger partial charge in [0.05, 0.1) is 23.9 Å². The smallest absolute Gasteiger partial charge is 0.259 e. The molecule has 1 amide bonds. The Balaban J connectivity index is 1.56. The summed E-state index contributed by atoms with van der Waals surface area (Å²) in [7, 11) is 1.46. The van der Waals surface area contributed by atoms with Crippen LogP contribution in [0.1, 0.15) is 35.8 Å². The molecule has 0 aliphatic heterocycles. The average Bonchev–Trinajstić information content (AvgIpc) is 3.33. The summed E-state index contributed by atoms with van der Waals surface area (Å²) in [6.45, 7) is 5.66. The summed E-state index contributed by atoms with van der Waals surface area (Å²) in [5.41, 5.74) is 2.76. The maximum absolute atomic E-state index is 13.8. The lowest BCUT2D eigenvalue weighted by atomic mass is 10.1. The zero-order chi connectivity index (χ0) is 25.1. The summed E-state index contributed by atoms with van der Waals surface area (Å²) >= 11 is 6.32. The van der Waals surface area contributed by atoms with Crippen molar-refractivity contribution in [2.24, 2.45) is 0 Å². The Kier molecular flexibility index (Phi) is 6.97. The van der Waals surface area contributed by atoms with E-state index >= 15 is 0 Å². The number of halogens is 2. The number of benzene rings is 2. The van der Waals surface area contributed by atoms with Gasteiger partial charge < -0.3 is 15.4 Å². The number of nitrogens with zero attached hydrogens (tertiary/aromatic N) is 4. The maximum Gasteiger partial charge on any atom is 0.259 e. The molecule has 0 saturated heterocycles. The van der Waals surface area contributed by atoms with Gasteiger partial charge in [0.15, 0.2) is 0 Å². The van der Waals surface area contributed by atoms with Crippen LogP contribution in [0.5, 0.6) is 5.75 Å². The van der Waals surface area contributed by atoms with Crippen LogP contribution in [-0.4, -0.2) is 32.8 Å². The first-order chi connectivity index (χ1) is 16.8. The fourth-order valence-corrected chi connectivity index (χ4v) is 3.56. The lowest BCUT2D eigenvalue weighted by molar-refractivity contribution is 0.102. The molecule has 2 heterocycles. The van der Waals surface area contributed by atoms with Crippen LogP contribution in [0.15, 0.2) is 54.9 Å². The third-order valence-electron chi connectivity index (χ3n) is 5.34. The van der Waals surface area contributed by atoms with E-state index in [1.165, 1.54) is 25.4 Å². The Labute approximate surface area is 207 Å². The number of rotatable bonds is 7. The Morgan fingerprint density at radius 3 is 2.71 bits per heavy atom. The van der Waals surface area contributed by atoms with Crippen LogP contribution in [0.2, 0.25) is 5.02 Å². The Morgan fingerprint density at radius 2 is 2.00 bits per heavy atom. The highest BCUT2D eigenvalue weighted by Crippen LogP contribution is 2.29. The van der Waals surface area contributed by atoms with Gasteiger partial charge in [0.25, 0.3) is 5.91 Å². The van der Waals surface area contributed by atoms with Gasteiger partial charge in [-0.3, -0.25) is 9.48 Å². The molecule has 0 spiro atoms.